The van der Waals surface area contributed by atoms with Crippen LogP contribution in [0.25, 0.3) is 0 Å². The Kier molecular flexibility index (Phi) is 3.90. The molecule has 3 heteroatoms. The average molecular weight is 200 g/mol. The van der Waals surface area contributed by atoms with Crippen molar-refractivity contribution in [1.29, 1.82) is 0 Å². The van der Waals surface area contributed by atoms with Crippen molar-refractivity contribution in [3.8, 4) is 5.75 Å². The summed E-state index contributed by atoms with van der Waals surface area (Å²) in [5.74, 6) is 0.933. The van der Waals surface area contributed by atoms with Gasteiger partial charge in [-0.3, -0.25) is 0 Å². The zero-order chi connectivity index (χ0) is 9.68. The molecule has 1 rings (SSSR count). The number of aryl methyl sites for hydroxylation is 1. The molecule has 0 bridgehead atoms. The van der Waals surface area contributed by atoms with Crippen LogP contribution in [-0.4, -0.2) is 12.6 Å². The van der Waals surface area contributed by atoms with E-state index in [1.54, 1.807) is 0 Å². The molecule has 0 amide bonds. The highest BCUT2D eigenvalue weighted by Gasteiger charge is 1.99. The molecule has 0 fully saturated rings. The lowest BCUT2D eigenvalue weighted by molar-refractivity contribution is 0.338. The highest BCUT2D eigenvalue weighted by molar-refractivity contribution is 6.18. The zero-order valence-corrected chi connectivity index (χ0v) is 8.69. The van der Waals surface area contributed by atoms with Crippen molar-refractivity contribution in [3.05, 3.63) is 23.8 Å². The molecule has 0 saturated heterocycles. The van der Waals surface area contributed by atoms with E-state index < -0.39 is 0 Å². The van der Waals surface area contributed by atoms with Crippen molar-refractivity contribution in [1.82, 2.24) is 0 Å². The number of hydrogen-bond donors (Lipinski definition) is 1. The number of anilines is 1. The highest BCUT2D eigenvalue weighted by Crippen LogP contribution is 2.21. The average Bonchev–Trinajstić information content (AvgIpc) is 2.10. The molecule has 72 valence electrons. The van der Waals surface area contributed by atoms with Gasteiger partial charge in [-0.15, -0.1) is 11.6 Å². The van der Waals surface area contributed by atoms with Gasteiger partial charge in [0.05, 0.1) is 12.6 Å². The Morgan fingerprint density at radius 1 is 1.46 bits per heavy atom. The molecule has 0 spiro atoms. The topological polar surface area (TPSA) is 21.3 Å². The second-order valence-corrected chi connectivity index (χ2v) is 2.99. The number of rotatable bonds is 4. The third-order valence-electron chi connectivity index (χ3n) is 1.75. The van der Waals surface area contributed by atoms with E-state index in [0.717, 1.165) is 17.0 Å². The van der Waals surface area contributed by atoms with Crippen LogP contribution >= 0.6 is 11.6 Å². The van der Waals surface area contributed by atoms with Gasteiger partial charge in [0.1, 0.15) is 5.75 Å². The van der Waals surface area contributed by atoms with Crippen molar-refractivity contribution in [2.24, 2.45) is 0 Å². The van der Waals surface area contributed by atoms with Gasteiger partial charge in [0, 0.05) is 5.69 Å². The molecule has 0 aliphatic carbocycles. The van der Waals surface area contributed by atoms with Crippen LogP contribution in [0.3, 0.4) is 0 Å². The van der Waals surface area contributed by atoms with E-state index in [-0.39, 0.29) is 0 Å². The van der Waals surface area contributed by atoms with Gasteiger partial charge in [-0.1, -0.05) is 0 Å². The third-order valence-corrected chi connectivity index (χ3v) is 1.88. The van der Waals surface area contributed by atoms with Gasteiger partial charge in [-0.05, 0) is 37.6 Å². The maximum Gasteiger partial charge on any atom is 0.122 e. The fraction of sp³-hybridized carbons (Fsp3) is 0.400. The minimum Gasteiger partial charge on any atom is -0.494 e. The minimum absolute atomic E-state index is 0.424. The van der Waals surface area contributed by atoms with Crippen LogP contribution in [0.2, 0.25) is 0 Å². The molecule has 1 aromatic rings. The second-order valence-electron chi connectivity index (χ2n) is 2.72. The molecule has 1 aromatic carbocycles. The van der Waals surface area contributed by atoms with Gasteiger partial charge in [0.15, 0.2) is 0 Å². The first-order chi connectivity index (χ1) is 6.27. The molecule has 13 heavy (non-hydrogen) atoms. The van der Waals surface area contributed by atoms with Crippen molar-refractivity contribution in [2.45, 2.75) is 13.8 Å². The SMILES string of the molecule is CCOc1ccc(NCCl)cc1C. The summed E-state index contributed by atoms with van der Waals surface area (Å²) in [5, 5.41) is 3.03. The van der Waals surface area contributed by atoms with E-state index >= 15 is 0 Å². The van der Waals surface area contributed by atoms with Crippen molar-refractivity contribution in [2.75, 3.05) is 17.9 Å². The van der Waals surface area contributed by atoms with Gasteiger partial charge in [0.25, 0.3) is 0 Å². The first-order valence-electron chi connectivity index (χ1n) is 4.31. The Hall–Kier alpha value is -0.890. The summed E-state index contributed by atoms with van der Waals surface area (Å²) in [7, 11) is 0. The lowest BCUT2D eigenvalue weighted by atomic mass is 10.2. The molecule has 0 saturated carbocycles. The summed E-state index contributed by atoms with van der Waals surface area (Å²) < 4.78 is 5.41. The third kappa shape index (κ3) is 2.81. The van der Waals surface area contributed by atoms with Gasteiger partial charge in [-0.25, -0.2) is 0 Å². The number of benzene rings is 1. The number of alkyl halides is 1. The predicted octanol–water partition coefficient (Wildman–Crippen LogP) is 3.00. The monoisotopic (exact) mass is 199 g/mol. The fourth-order valence-electron chi connectivity index (χ4n) is 1.15. The van der Waals surface area contributed by atoms with Crippen LogP contribution in [0.5, 0.6) is 5.75 Å². The first kappa shape index (κ1) is 10.2. The summed E-state index contributed by atoms with van der Waals surface area (Å²) in [6.45, 7) is 4.69. The summed E-state index contributed by atoms with van der Waals surface area (Å²) in [4.78, 5) is 0. The predicted molar refractivity (Wildman–Crippen MR) is 56.7 cm³/mol. The second kappa shape index (κ2) is 4.97. The molecular weight excluding hydrogens is 186 g/mol. The minimum atomic E-state index is 0.424. The Balaban J connectivity index is 2.79. The largest absolute Gasteiger partial charge is 0.494 e. The number of hydrogen-bond acceptors (Lipinski definition) is 2. The lowest BCUT2D eigenvalue weighted by Crippen LogP contribution is -1.97. The van der Waals surface area contributed by atoms with Crippen LogP contribution < -0.4 is 10.1 Å². The van der Waals surface area contributed by atoms with Crippen LogP contribution in [-0.2, 0) is 0 Å². The zero-order valence-electron chi connectivity index (χ0n) is 7.93. The van der Waals surface area contributed by atoms with Crippen LogP contribution in [0.1, 0.15) is 12.5 Å². The summed E-state index contributed by atoms with van der Waals surface area (Å²) in [6, 6.07) is 6.36. The first-order valence-corrected chi connectivity index (χ1v) is 4.84. The van der Waals surface area contributed by atoms with E-state index in [2.05, 4.69) is 5.32 Å². The van der Waals surface area contributed by atoms with E-state index in [9.17, 15) is 0 Å². The smallest absolute Gasteiger partial charge is 0.122 e. The maximum absolute atomic E-state index is 5.55. The van der Waals surface area contributed by atoms with Crippen LogP contribution in [0, 0.1) is 6.92 Å². The Labute approximate surface area is 83.9 Å². The van der Waals surface area contributed by atoms with Crippen molar-refractivity contribution < 1.29 is 4.74 Å². The molecule has 0 aliphatic heterocycles. The molecule has 0 heterocycles. The van der Waals surface area contributed by atoms with Gasteiger partial charge in [0.2, 0.25) is 0 Å². The fourth-order valence-corrected chi connectivity index (χ4v) is 1.31. The number of nitrogens with one attached hydrogen (secondary N) is 1. The van der Waals surface area contributed by atoms with Crippen LogP contribution in [0.4, 0.5) is 5.69 Å². The standard InChI is InChI=1S/C10H14ClNO/c1-3-13-10-5-4-9(12-7-11)6-8(10)2/h4-6,12H,3,7H2,1-2H3. The summed E-state index contributed by atoms with van der Waals surface area (Å²) in [6.07, 6.45) is 0. The summed E-state index contributed by atoms with van der Waals surface area (Å²) in [5.41, 5.74) is 2.15. The molecule has 2 nitrogen and oxygen atoms in total. The van der Waals surface area contributed by atoms with Gasteiger partial charge in [-0.2, -0.15) is 0 Å². The molecule has 0 aliphatic rings. The normalized spacial score (nSPS) is 9.77. The van der Waals surface area contributed by atoms with Crippen molar-refractivity contribution in [3.63, 3.8) is 0 Å². The van der Waals surface area contributed by atoms with E-state index in [4.69, 9.17) is 16.3 Å². The van der Waals surface area contributed by atoms with Crippen molar-refractivity contribution >= 4 is 17.3 Å². The lowest BCUT2D eigenvalue weighted by Gasteiger charge is -2.09. The summed E-state index contributed by atoms with van der Waals surface area (Å²) >= 11 is 5.55. The maximum atomic E-state index is 5.55. The molecular formula is C10H14ClNO. The Morgan fingerprint density at radius 2 is 2.23 bits per heavy atom. The molecule has 0 unspecified atom stereocenters. The molecule has 1 N–H and O–H groups in total. The van der Waals surface area contributed by atoms with E-state index in [0.29, 0.717) is 12.6 Å². The number of ether oxygens (including phenoxy) is 1. The van der Waals surface area contributed by atoms with E-state index in [1.807, 2.05) is 32.0 Å². The van der Waals surface area contributed by atoms with Gasteiger partial charge < -0.3 is 10.1 Å². The van der Waals surface area contributed by atoms with E-state index in [1.165, 1.54) is 0 Å². The number of halogens is 1. The Bertz CT molecular complexity index is 276. The highest BCUT2D eigenvalue weighted by atomic mass is 35.5. The molecule has 0 aromatic heterocycles. The molecule has 0 atom stereocenters. The quantitative estimate of drug-likeness (QED) is 0.595. The Morgan fingerprint density at radius 3 is 2.77 bits per heavy atom. The van der Waals surface area contributed by atoms with Gasteiger partial charge >= 0.3 is 0 Å². The molecule has 0 radical (unpaired) electrons. The van der Waals surface area contributed by atoms with Crippen LogP contribution in [0.15, 0.2) is 18.2 Å².